The highest BCUT2D eigenvalue weighted by Crippen LogP contribution is 2.36. The van der Waals surface area contributed by atoms with E-state index in [9.17, 15) is 9.18 Å². The van der Waals surface area contributed by atoms with Crippen LogP contribution in [-0.4, -0.2) is 79.3 Å². The first-order chi connectivity index (χ1) is 18.3. The van der Waals surface area contributed by atoms with Crippen molar-refractivity contribution >= 4 is 23.2 Å². The van der Waals surface area contributed by atoms with Crippen LogP contribution in [0.4, 0.5) is 26.1 Å². The smallest absolute Gasteiger partial charge is 0.255 e. The molecular weight excluding hydrogens is 490 g/mol. The average Bonchev–Trinajstić information content (AvgIpc) is 2.93. The Hall–Kier alpha value is -3.63. The van der Waals surface area contributed by atoms with Gasteiger partial charge in [-0.2, -0.15) is 0 Å². The van der Waals surface area contributed by atoms with Gasteiger partial charge in [0.1, 0.15) is 11.6 Å². The van der Waals surface area contributed by atoms with Crippen molar-refractivity contribution in [1.29, 1.82) is 0 Å². The molecule has 0 aliphatic carbocycles. The van der Waals surface area contributed by atoms with Gasteiger partial charge in [0.2, 0.25) is 5.95 Å². The molecule has 0 unspecified atom stereocenters. The molecule has 2 aliphatic heterocycles. The third kappa shape index (κ3) is 5.46. The number of hydrogen-bond acceptors (Lipinski definition) is 7. The van der Waals surface area contributed by atoms with Gasteiger partial charge in [0.15, 0.2) is 0 Å². The quantitative estimate of drug-likeness (QED) is 0.542. The van der Waals surface area contributed by atoms with Crippen LogP contribution < -0.4 is 15.1 Å². The van der Waals surface area contributed by atoms with Crippen LogP contribution in [0.3, 0.4) is 0 Å². The minimum Gasteiger partial charge on any atom is -0.378 e. The third-order valence-electron chi connectivity index (χ3n) is 7.38. The molecule has 0 bridgehead atoms. The Balaban J connectivity index is 1.50. The number of carbonyl (C=O) groups excluding carboxylic acids is 1. The van der Waals surface area contributed by atoms with Crippen LogP contribution in [-0.2, 0) is 4.74 Å². The fraction of sp³-hybridized carbons (Fsp3) is 0.393. The Labute approximate surface area is 221 Å². The lowest BCUT2D eigenvalue weighted by molar-refractivity contribution is 0.102. The lowest BCUT2D eigenvalue weighted by Crippen LogP contribution is -2.55. The molecule has 8 nitrogen and oxygen atoms in total. The third-order valence-corrected chi connectivity index (χ3v) is 7.38. The molecule has 1 amide bonds. The van der Waals surface area contributed by atoms with E-state index in [0.29, 0.717) is 67.8 Å². The Kier molecular flexibility index (Phi) is 7.53. The molecule has 0 saturated carbocycles. The summed E-state index contributed by atoms with van der Waals surface area (Å²) in [6, 6.07) is 8.90. The molecule has 2 fully saturated rings. The number of likely N-dealkylation sites (N-methyl/N-ethyl adjacent to an activating group) is 1. The number of morpholine rings is 1. The molecule has 2 aromatic carbocycles. The maximum absolute atomic E-state index is 15.6. The van der Waals surface area contributed by atoms with Gasteiger partial charge in [-0.25, -0.2) is 18.7 Å². The zero-order chi connectivity index (χ0) is 26.8. The predicted octanol–water partition coefficient (Wildman–Crippen LogP) is 4.04. The first-order valence-electron chi connectivity index (χ1n) is 12.8. The summed E-state index contributed by atoms with van der Waals surface area (Å²) in [5.41, 5.74) is 2.16. The molecule has 3 heterocycles. The van der Waals surface area contributed by atoms with E-state index in [0.717, 1.165) is 0 Å². The zero-order valence-corrected chi connectivity index (χ0v) is 21.8. The number of halogens is 2. The summed E-state index contributed by atoms with van der Waals surface area (Å²) in [6.45, 7) is 8.22. The summed E-state index contributed by atoms with van der Waals surface area (Å²) >= 11 is 0. The molecule has 1 aromatic heterocycles. The van der Waals surface area contributed by atoms with Gasteiger partial charge in [0.05, 0.1) is 24.6 Å². The Morgan fingerprint density at radius 1 is 0.974 bits per heavy atom. The van der Waals surface area contributed by atoms with Crippen molar-refractivity contribution in [2.45, 2.75) is 25.9 Å². The summed E-state index contributed by atoms with van der Waals surface area (Å²) in [7, 11) is 2.08. The van der Waals surface area contributed by atoms with Gasteiger partial charge in [-0.1, -0.05) is 0 Å². The second-order valence-corrected chi connectivity index (χ2v) is 9.95. The van der Waals surface area contributed by atoms with Crippen molar-refractivity contribution in [3.63, 3.8) is 0 Å². The van der Waals surface area contributed by atoms with Crippen molar-refractivity contribution in [3.8, 4) is 11.1 Å². The number of benzene rings is 2. The van der Waals surface area contributed by atoms with Gasteiger partial charge in [0.25, 0.3) is 5.91 Å². The summed E-state index contributed by atoms with van der Waals surface area (Å²) in [4.78, 5) is 28.4. The zero-order valence-electron chi connectivity index (χ0n) is 21.8. The molecule has 2 atom stereocenters. The van der Waals surface area contributed by atoms with Crippen LogP contribution in [0.1, 0.15) is 24.2 Å². The number of hydrogen-bond donors (Lipinski definition) is 1. The van der Waals surface area contributed by atoms with Crippen molar-refractivity contribution in [2.24, 2.45) is 0 Å². The first kappa shape index (κ1) is 26.0. The van der Waals surface area contributed by atoms with Gasteiger partial charge < -0.3 is 19.9 Å². The number of nitrogens with zero attached hydrogens (tertiary/aromatic N) is 5. The van der Waals surface area contributed by atoms with Crippen LogP contribution in [0.5, 0.6) is 0 Å². The monoisotopic (exact) mass is 522 g/mol. The molecule has 0 radical (unpaired) electrons. The predicted molar refractivity (Wildman–Crippen MR) is 144 cm³/mol. The molecule has 2 aliphatic rings. The second kappa shape index (κ2) is 11.0. The lowest BCUT2D eigenvalue weighted by Gasteiger charge is -2.44. The molecule has 2 saturated heterocycles. The summed E-state index contributed by atoms with van der Waals surface area (Å²) in [5, 5.41) is 2.94. The Morgan fingerprint density at radius 2 is 1.61 bits per heavy atom. The maximum atomic E-state index is 15.6. The van der Waals surface area contributed by atoms with Crippen molar-refractivity contribution < 1.29 is 18.3 Å². The van der Waals surface area contributed by atoms with E-state index in [1.54, 1.807) is 18.5 Å². The highest BCUT2D eigenvalue weighted by atomic mass is 19.1. The van der Waals surface area contributed by atoms with E-state index in [2.05, 4.69) is 46.0 Å². The first-order valence-corrected chi connectivity index (χ1v) is 12.8. The number of nitrogens with one attached hydrogen (secondary N) is 1. The van der Waals surface area contributed by atoms with Gasteiger partial charge in [-0.15, -0.1) is 0 Å². The SMILES string of the molecule is C[C@@H]1CN(c2cc(F)c(-c3cnc(N4CCOCC4)nc3)cc2NC(=O)c2ccc(F)cc2)C[C@@H](C)N1C. The fourth-order valence-electron chi connectivity index (χ4n) is 4.93. The largest absolute Gasteiger partial charge is 0.378 e. The van der Waals surface area contributed by atoms with E-state index < -0.39 is 17.5 Å². The summed E-state index contributed by atoms with van der Waals surface area (Å²) in [6.07, 6.45) is 3.20. The topological polar surface area (TPSA) is 73.8 Å². The average molecular weight is 523 g/mol. The molecule has 3 aromatic rings. The van der Waals surface area contributed by atoms with Crippen LogP contribution in [0.2, 0.25) is 0 Å². The number of anilines is 3. The number of carbonyl (C=O) groups is 1. The number of rotatable bonds is 5. The number of piperazine rings is 1. The molecule has 10 heteroatoms. The standard InChI is InChI=1S/C28H32F2N6O2/c1-18-16-36(17-19(2)34(18)3)26-13-24(30)23(12-25(26)33-27(37)20-4-6-22(29)7-5-20)21-14-31-28(32-15-21)35-8-10-38-11-9-35/h4-7,12-15,18-19H,8-11,16-17H2,1-3H3,(H,33,37)/t18-,19-/m1/s1. The lowest BCUT2D eigenvalue weighted by atomic mass is 10.0. The minimum atomic E-state index is -0.429. The Morgan fingerprint density at radius 3 is 2.24 bits per heavy atom. The van der Waals surface area contributed by atoms with Crippen LogP contribution in [0.15, 0.2) is 48.8 Å². The highest BCUT2D eigenvalue weighted by Gasteiger charge is 2.29. The van der Waals surface area contributed by atoms with Gasteiger partial charge in [-0.05, 0) is 57.3 Å². The molecule has 200 valence electrons. The normalized spacial score (nSPS) is 20.4. The number of amides is 1. The van der Waals surface area contributed by atoms with E-state index in [1.165, 1.54) is 30.3 Å². The molecule has 5 rings (SSSR count). The summed E-state index contributed by atoms with van der Waals surface area (Å²) < 4.78 is 34.4. The molecule has 38 heavy (non-hydrogen) atoms. The summed E-state index contributed by atoms with van der Waals surface area (Å²) in [5.74, 6) is -0.689. The minimum absolute atomic E-state index is 0.239. The van der Waals surface area contributed by atoms with E-state index in [-0.39, 0.29) is 17.6 Å². The van der Waals surface area contributed by atoms with Gasteiger partial charge in [0, 0.05) is 67.3 Å². The van der Waals surface area contributed by atoms with Gasteiger partial charge in [-0.3, -0.25) is 9.69 Å². The molecule has 0 spiro atoms. The Bertz CT molecular complexity index is 1270. The molecule has 1 N–H and O–H groups in total. The van der Waals surface area contributed by atoms with Crippen LogP contribution >= 0.6 is 0 Å². The van der Waals surface area contributed by atoms with E-state index >= 15 is 4.39 Å². The fourth-order valence-corrected chi connectivity index (χ4v) is 4.93. The van der Waals surface area contributed by atoms with Crippen LogP contribution in [0, 0.1) is 11.6 Å². The van der Waals surface area contributed by atoms with E-state index in [1.807, 2.05) is 4.90 Å². The molecular formula is C28H32F2N6O2. The number of ether oxygens (including phenoxy) is 1. The van der Waals surface area contributed by atoms with Crippen molar-refractivity contribution in [1.82, 2.24) is 14.9 Å². The number of aromatic nitrogens is 2. The second-order valence-electron chi connectivity index (χ2n) is 9.95. The van der Waals surface area contributed by atoms with Crippen LogP contribution in [0.25, 0.3) is 11.1 Å². The highest BCUT2D eigenvalue weighted by molar-refractivity contribution is 6.06. The van der Waals surface area contributed by atoms with Crippen molar-refractivity contribution in [2.75, 3.05) is 61.6 Å². The maximum Gasteiger partial charge on any atom is 0.255 e. The van der Waals surface area contributed by atoms with Crippen molar-refractivity contribution in [3.05, 3.63) is 66.0 Å². The van der Waals surface area contributed by atoms with E-state index in [4.69, 9.17) is 4.74 Å². The van der Waals surface area contributed by atoms with Gasteiger partial charge >= 0.3 is 0 Å².